The number of aromatic nitrogens is 1. The Kier molecular flexibility index (Phi) is 2.49. The van der Waals surface area contributed by atoms with E-state index in [0.29, 0.717) is 13.1 Å². The number of carbonyl (C=O) groups is 1. The Hall–Kier alpha value is -1.77. The zero-order valence-electron chi connectivity index (χ0n) is 7.72. The van der Waals surface area contributed by atoms with E-state index in [4.69, 9.17) is 0 Å². The van der Waals surface area contributed by atoms with Crippen molar-refractivity contribution in [1.82, 2.24) is 4.40 Å². The zero-order valence-corrected chi connectivity index (χ0v) is 7.72. The van der Waals surface area contributed by atoms with Crippen molar-refractivity contribution in [3.8, 4) is 0 Å². The Labute approximate surface area is 81.9 Å². The van der Waals surface area contributed by atoms with Crippen LogP contribution in [0.1, 0.15) is 5.69 Å². The first kappa shape index (κ1) is 8.81. The van der Waals surface area contributed by atoms with Gasteiger partial charge >= 0.3 is 0 Å². The lowest BCUT2D eigenvalue weighted by Gasteiger charge is -2.04. The molecule has 0 aromatic carbocycles. The topological polar surface area (TPSA) is 30.7 Å². The SMILES string of the molecule is O=COCCc1cccc2cccn12. The molecule has 0 aliphatic rings. The van der Waals surface area contributed by atoms with Gasteiger partial charge in [0.25, 0.3) is 6.47 Å². The lowest BCUT2D eigenvalue weighted by Crippen LogP contribution is -2.01. The second-order valence-electron chi connectivity index (χ2n) is 3.04. The van der Waals surface area contributed by atoms with E-state index in [9.17, 15) is 4.79 Å². The molecule has 3 heteroatoms. The Morgan fingerprint density at radius 1 is 1.29 bits per heavy atom. The average Bonchev–Trinajstić information content (AvgIpc) is 2.67. The number of nitrogens with zero attached hydrogens (tertiary/aromatic N) is 1. The molecule has 0 fully saturated rings. The van der Waals surface area contributed by atoms with E-state index in [1.165, 1.54) is 0 Å². The summed E-state index contributed by atoms with van der Waals surface area (Å²) in [5.74, 6) is 0. The molecule has 0 N–H and O–H groups in total. The second-order valence-corrected chi connectivity index (χ2v) is 3.04. The lowest BCUT2D eigenvalue weighted by atomic mass is 10.2. The van der Waals surface area contributed by atoms with Crippen LogP contribution in [-0.2, 0) is 16.0 Å². The van der Waals surface area contributed by atoms with E-state index in [2.05, 4.69) is 9.14 Å². The first-order chi connectivity index (χ1) is 6.92. The van der Waals surface area contributed by atoms with Gasteiger partial charge in [0.05, 0.1) is 6.61 Å². The molecule has 0 bridgehead atoms. The van der Waals surface area contributed by atoms with Crippen molar-refractivity contribution in [2.45, 2.75) is 6.42 Å². The molecule has 0 saturated heterocycles. The van der Waals surface area contributed by atoms with Crippen molar-refractivity contribution in [1.29, 1.82) is 0 Å². The predicted octanol–water partition coefficient (Wildman–Crippen LogP) is 1.65. The Bertz CT molecular complexity index is 434. The molecule has 2 aromatic heterocycles. The number of carbonyl (C=O) groups excluding carboxylic acids is 1. The fraction of sp³-hybridized carbons (Fsp3) is 0.182. The maximum atomic E-state index is 9.98. The maximum Gasteiger partial charge on any atom is 0.293 e. The van der Waals surface area contributed by atoms with Crippen molar-refractivity contribution < 1.29 is 9.53 Å². The highest BCUT2D eigenvalue weighted by molar-refractivity contribution is 5.48. The standard InChI is InChI=1S/C11H11NO2/c13-9-14-8-6-11-4-1-3-10-5-2-7-12(10)11/h1-5,7,9H,6,8H2. The van der Waals surface area contributed by atoms with Crippen LogP contribution in [0.15, 0.2) is 36.5 Å². The number of pyridine rings is 1. The van der Waals surface area contributed by atoms with Crippen LogP contribution < -0.4 is 0 Å². The van der Waals surface area contributed by atoms with Gasteiger partial charge in [0, 0.05) is 23.8 Å². The zero-order chi connectivity index (χ0) is 9.80. The molecule has 2 rings (SSSR count). The van der Waals surface area contributed by atoms with Gasteiger partial charge in [-0.25, -0.2) is 0 Å². The molecule has 0 aliphatic heterocycles. The first-order valence-corrected chi connectivity index (χ1v) is 4.52. The fourth-order valence-corrected chi connectivity index (χ4v) is 1.54. The Balaban J connectivity index is 2.23. The highest BCUT2D eigenvalue weighted by Gasteiger charge is 1.98. The number of ether oxygens (including phenoxy) is 1. The normalized spacial score (nSPS) is 10.3. The summed E-state index contributed by atoms with van der Waals surface area (Å²) in [5.41, 5.74) is 2.31. The van der Waals surface area contributed by atoms with E-state index in [1.807, 2.05) is 36.5 Å². The van der Waals surface area contributed by atoms with Crippen LogP contribution >= 0.6 is 0 Å². The van der Waals surface area contributed by atoms with E-state index in [-0.39, 0.29) is 0 Å². The molecule has 0 amide bonds. The Morgan fingerprint density at radius 2 is 2.14 bits per heavy atom. The van der Waals surface area contributed by atoms with Gasteiger partial charge in [-0.3, -0.25) is 4.79 Å². The van der Waals surface area contributed by atoms with Crippen molar-refractivity contribution in [3.63, 3.8) is 0 Å². The van der Waals surface area contributed by atoms with Crippen LogP contribution in [0.4, 0.5) is 0 Å². The monoisotopic (exact) mass is 189 g/mol. The predicted molar refractivity (Wildman–Crippen MR) is 53.1 cm³/mol. The summed E-state index contributed by atoms with van der Waals surface area (Å²) in [4.78, 5) is 9.98. The van der Waals surface area contributed by atoms with Gasteiger partial charge in [-0.05, 0) is 24.3 Å². The molecule has 0 saturated carbocycles. The first-order valence-electron chi connectivity index (χ1n) is 4.52. The number of hydrogen-bond donors (Lipinski definition) is 0. The number of rotatable bonds is 4. The minimum Gasteiger partial charge on any atom is -0.467 e. The summed E-state index contributed by atoms with van der Waals surface area (Å²) < 4.78 is 6.76. The van der Waals surface area contributed by atoms with Crippen LogP contribution in [0, 0.1) is 0 Å². The molecule has 2 aromatic rings. The molecule has 0 spiro atoms. The van der Waals surface area contributed by atoms with Gasteiger partial charge in [0.1, 0.15) is 0 Å². The van der Waals surface area contributed by atoms with Crippen LogP contribution in [0.25, 0.3) is 5.52 Å². The van der Waals surface area contributed by atoms with Gasteiger partial charge in [0.15, 0.2) is 0 Å². The number of hydrogen-bond acceptors (Lipinski definition) is 2. The third kappa shape index (κ3) is 1.62. The summed E-state index contributed by atoms with van der Waals surface area (Å²) in [6.45, 7) is 0.913. The average molecular weight is 189 g/mol. The molecule has 0 unspecified atom stereocenters. The molecule has 14 heavy (non-hydrogen) atoms. The molecule has 3 nitrogen and oxygen atoms in total. The second kappa shape index (κ2) is 3.96. The van der Waals surface area contributed by atoms with Crippen LogP contribution in [0.3, 0.4) is 0 Å². The quantitative estimate of drug-likeness (QED) is 0.541. The largest absolute Gasteiger partial charge is 0.467 e. The molecule has 2 heterocycles. The van der Waals surface area contributed by atoms with Crippen LogP contribution in [0.2, 0.25) is 0 Å². The highest BCUT2D eigenvalue weighted by Crippen LogP contribution is 2.08. The smallest absolute Gasteiger partial charge is 0.293 e. The van der Waals surface area contributed by atoms with E-state index in [1.54, 1.807) is 0 Å². The van der Waals surface area contributed by atoms with E-state index in [0.717, 1.165) is 17.6 Å². The highest BCUT2D eigenvalue weighted by atomic mass is 16.5. The molecular formula is C11H11NO2. The van der Waals surface area contributed by atoms with E-state index < -0.39 is 0 Å². The number of fused-ring (bicyclic) bond motifs is 1. The summed E-state index contributed by atoms with van der Waals surface area (Å²) in [6.07, 6.45) is 2.75. The van der Waals surface area contributed by atoms with Crippen molar-refractivity contribution in [2.75, 3.05) is 6.61 Å². The maximum absolute atomic E-state index is 9.98. The van der Waals surface area contributed by atoms with Gasteiger partial charge < -0.3 is 9.14 Å². The minimum atomic E-state index is 0.431. The molecule has 0 radical (unpaired) electrons. The van der Waals surface area contributed by atoms with Crippen molar-refractivity contribution in [3.05, 3.63) is 42.2 Å². The third-order valence-corrected chi connectivity index (χ3v) is 2.19. The molecule has 0 atom stereocenters. The summed E-state index contributed by atoms with van der Waals surface area (Å²) in [6, 6.07) is 10.1. The van der Waals surface area contributed by atoms with Crippen LogP contribution in [0.5, 0.6) is 0 Å². The summed E-state index contributed by atoms with van der Waals surface area (Å²) in [5, 5.41) is 0. The fourth-order valence-electron chi connectivity index (χ4n) is 1.54. The van der Waals surface area contributed by atoms with E-state index >= 15 is 0 Å². The van der Waals surface area contributed by atoms with Gasteiger partial charge in [-0.15, -0.1) is 0 Å². The van der Waals surface area contributed by atoms with Crippen molar-refractivity contribution >= 4 is 12.0 Å². The minimum absolute atomic E-state index is 0.431. The lowest BCUT2D eigenvalue weighted by molar-refractivity contribution is -0.128. The summed E-state index contributed by atoms with van der Waals surface area (Å²) in [7, 11) is 0. The third-order valence-electron chi connectivity index (χ3n) is 2.19. The molecule has 72 valence electrons. The van der Waals surface area contributed by atoms with Gasteiger partial charge in [-0.2, -0.15) is 0 Å². The van der Waals surface area contributed by atoms with Gasteiger partial charge in [0.2, 0.25) is 0 Å². The summed E-state index contributed by atoms with van der Waals surface area (Å²) >= 11 is 0. The Morgan fingerprint density at radius 3 is 3.00 bits per heavy atom. The van der Waals surface area contributed by atoms with Gasteiger partial charge in [-0.1, -0.05) is 6.07 Å². The van der Waals surface area contributed by atoms with Crippen LogP contribution in [-0.4, -0.2) is 17.5 Å². The molecular weight excluding hydrogens is 178 g/mol. The molecule has 0 aliphatic carbocycles. The van der Waals surface area contributed by atoms with Crippen molar-refractivity contribution in [2.24, 2.45) is 0 Å².